The number of rotatable bonds is 0. The van der Waals surface area contributed by atoms with Crippen molar-refractivity contribution in [3.63, 3.8) is 0 Å². The zero-order chi connectivity index (χ0) is 6.20. The van der Waals surface area contributed by atoms with Gasteiger partial charge in [0.05, 0.1) is 10.4 Å². The highest BCUT2D eigenvalue weighted by Gasteiger charge is 2.27. The van der Waals surface area contributed by atoms with E-state index in [1.165, 1.54) is 29.8 Å². The molecule has 0 N–H and O–H groups in total. The summed E-state index contributed by atoms with van der Waals surface area (Å²) in [6.45, 7) is 6.03. The second-order valence-corrected chi connectivity index (χ2v) is 4.42. The predicted molar refractivity (Wildman–Crippen MR) is 40.0 cm³/mol. The molecule has 0 saturated carbocycles. The van der Waals surface area contributed by atoms with Gasteiger partial charge in [-0.2, -0.15) is 0 Å². The molecule has 1 fully saturated rings. The third-order valence-corrected chi connectivity index (χ3v) is 3.97. The van der Waals surface area contributed by atoms with E-state index in [4.69, 9.17) is 0 Å². The van der Waals surface area contributed by atoms with E-state index in [0.29, 0.717) is 5.54 Å². The summed E-state index contributed by atoms with van der Waals surface area (Å²) in [6.07, 6.45) is 2.81. The Kier molecular flexibility index (Phi) is 1.45. The average molecular weight is 129 g/mol. The Bertz CT molecular complexity index is 90.5. The number of hydrogen-bond acceptors (Lipinski definition) is 1. The van der Waals surface area contributed by atoms with Crippen molar-refractivity contribution in [2.24, 2.45) is 0 Å². The second-order valence-electron chi connectivity index (χ2n) is 3.34. The lowest BCUT2D eigenvalue weighted by Gasteiger charge is -2.27. The summed E-state index contributed by atoms with van der Waals surface area (Å²) in [5, 5.41) is 0. The van der Waals surface area contributed by atoms with Gasteiger partial charge in [0, 0.05) is 5.54 Å². The highest BCUT2D eigenvalue weighted by atomic mass is 28.2. The lowest BCUT2D eigenvalue weighted by Crippen LogP contribution is -2.35. The molecule has 0 amide bonds. The van der Waals surface area contributed by atoms with Crippen molar-refractivity contribution >= 4 is 10.4 Å². The van der Waals surface area contributed by atoms with Gasteiger partial charge in [-0.15, -0.1) is 0 Å². The van der Waals surface area contributed by atoms with Crippen molar-refractivity contribution in [3.05, 3.63) is 0 Å². The van der Waals surface area contributed by atoms with Crippen LogP contribution < -0.4 is 0 Å². The van der Waals surface area contributed by atoms with E-state index in [2.05, 4.69) is 18.4 Å². The van der Waals surface area contributed by atoms with Crippen LogP contribution in [0.1, 0.15) is 26.7 Å². The van der Waals surface area contributed by atoms with E-state index in [1.807, 2.05) is 0 Å². The van der Waals surface area contributed by atoms with Crippen molar-refractivity contribution in [2.45, 2.75) is 32.2 Å². The second kappa shape index (κ2) is 1.85. The molecule has 0 radical (unpaired) electrons. The van der Waals surface area contributed by atoms with Gasteiger partial charge < -0.3 is 4.57 Å². The smallest absolute Gasteiger partial charge is 0.0791 e. The van der Waals surface area contributed by atoms with Crippen LogP contribution in [0.15, 0.2) is 0 Å². The van der Waals surface area contributed by atoms with Gasteiger partial charge in [0.2, 0.25) is 0 Å². The minimum atomic E-state index is 0.548. The van der Waals surface area contributed by atoms with Crippen molar-refractivity contribution in [3.8, 4) is 0 Å². The molecule has 1 rings (SSSR count). The molecule has 48 valence electrons. The molecule has 1 heterocycles. The van der Waals surface area contributed by atoms with Gasteiger partial charge in [0.15, 0.2) is 0 Å². The summed E-state index contributed by atoms with van der Waals surface area (Å²) in [5.74, 6) is 0. The van der Waals surface area contributed by atoms with Gasteiger partial charge >= 0.3 is 0 Å². The Hall–Kier alpha value is 0.177. The first kappa shape index (κ1) is 6.30. The molecule has 0 bridgehead atoms. The van der Waals surface area contributed by atoms with Crippen molar-refractivity contribution in [1.82, 2.24) is 4.57 Å². The van der Waals surface area contributed by atoms with Gasteiger partial charge in [-0.1, -0.05) is 0 Å². The molecule has 1 nitrogen and oxygen atoms in total. The largest absolute Gasteiger partial charge is 0.327 e. The van der Waals surface area contributed by atoms with Crippen LogP contribution in [-0.2, 0) is 0 Å². The van der Waals surface area contributed by atoms with Crippen LogP contribution in [-0.4, -0.2) is 27.1 Å². The summed E-state index contributed by atoms with van der Waals surface area (Å²) < 4.78 is 2.56. The fourth-order valence-corrected chi connectivity index (χ4v) is 1.78. The molecular weight excluding hydrogens is 114 g/mol. The first-order valence-electron chi connectivity index (χ1n) is 3.34. The maximum Gasteiger partial charge on any atom is 0.0791 e. The predicted octanol–water partition coefficient (Wildman–Crippen LogP) is 0.141. The third-order valence-electron chi connectivity index (χ3n) is 2.32. The summed E-state index contributed by atoms with van der Waals surface area (Å²) in [4.78, 5) is 0. The standard InChI is InChI=1S/C6H15NSi/c1-6(2)4-3-5-7(6)8/h3-5H2,1-2,8H3. The topological polar surface area (TPSA) is 3.24 Å². The lowest BCUT2D eigenvalue weighted by atomic mass is 10.0. The van der Waals surface area contributed by atoms with Crippen LogP contribution >= 0.6 is 0 Å². The fourth-order valence-electron chi connectivity index (χ4n) is 1.24. The molecule has 0 aromatic rings. The van der Waals surface area contributed by atoms with Crippen LogP contribution in [0.25, 0.3) is 0 Å². The van der Waals surface area contributed by atoms with Gasteiger partial charge in [0.25, 0.3) is 0 Å². The fraction of sp³-hybridized carbons (Fsp3) is 1.00. The molecule has 2 heteroatoms. The molecule has 0 unspecified atom stereocenters. The normalized spacial score (nSPS) is 29.2. The molecular formula is C6H15NSi. The first-order chi connectivity index (χ1) is 3.63. The summed E-state index contributed by atoms with van der Waals surface area (Å²) in [5.41, 5.74) is 0.548. The summed E-state index contributed by atoms with van der Waals surface area (Å²) in [6, 6.07) is 0. The Morgan fingerprint density at radius 2 is 2.12 bits per heavy atom. The summed E-state index contributed by atoms with van der Waals surface area (Å²) >= 11 is 0. The van der Waals surface area contributed by atoms with E-state index in [-0.39, 0.29) is 0 Å². The van der Waals surface area contributed by atoms with E-state index < -0.39 is 0 Å². The third kappa shape index (κ3) is 0.953. The molecule has 1 aliphatic rings. The van der Waals surface area contributed by atoms with Crippen LogP contribution in [0.5, 0.6) is 0 Å². The molecule has 0 spiro atoms. The Morgan fingerprint density at radius 3 is 2.25 bits per heavy atom. The highest BCUT2D eigenvalue weighted by molar-refractivity contribution is 6.05. The number of nitrogens with zero attached hydrogens (tertiary/aromatic N) is 1. The number of hydrogen-bond donors (Lipinski definition) is 0. The maximum absolute atomic E-state index is 2.56. The molecule has 0 aromatic heterocycles. The van der Waals surface area contributed by atoms with Crippen LogP contribution in [0.3, 0.4) is 0 Å². The monoisotopic (exact) mass is 129 g/mol. The molecule has 1 aliphatic heterocycles. The Balaban J connectivity index is 2.54. The minimum absolute atomic E-state index is 0.548. The van der Waals surface area contributed by atoms with E-state index in [9.17, 15) is 0 Å². The van der Waals surface area contributed by atoms with Crippen molar-refractivity contribution < 1.29 is 0 Å². The molecule has 0 atom stereocenters. The molecule has 0 aromatic carbocycles. The first-order valence-corrected chi connectivity index (χ1v) is 4.24. The van der Waals surface area contributed by atoms with E-state index in [1.54, 1.807) is 0 Å². The Labute approximate surface area is 54.6 Å². The lowest BCUT2D eigenvalue weighted by molar-refractivity contribution is 0.306. The highest BCUT2D eigenvalue weighted by Crippen LogP contribution is 2.24. The Morgan fingerprint density at radius 1 is 1.50 bits per heavy atom. The van der Waals surface area contributed by atoms with Crippen LogP contribution in [0.2, 0.25) is 0 Å². The van der Waals surface area contributed by atoms with Gasteiger partial charge in [-0.3, -0.25) is 0 Å². The zero-order valence-corrected chi connectivity index (χ0v) is 8.07. The zero-order valence-electron chi connectivity index (χ0n) is 6.07. The van der Waals surface area contributed by atoms with Crippen LogP contribution in [0.4, 0.5) is 0 Å². The average Bonchev–Trinajstić information content (AvgIpc) is 1.86. The van der Waals surface area contributed by atoms with Crippen molar-refractivity contribution in [2.75, 3.05) is 6.54 Å². The van der Waals surface area contributed by atoms with Crippen LogP contribution in [0, 0.1) is 0 Å². The van der Waals surface area contributed by atoms with E-state index in [0.717, 1.165) is 0 Å². The van der Waals surface area contributed by atoms with Gasteiger partial charge in [-0.05, 0) is 33.2 Å². The molecule has 0 aliphatic carbocycles. The van der Waals surface area contributed by atoms with Gasteiger partial charge in [-0.25, -0.2) is 0 Å². The molecule has 1 saturated heterocycles. The summed E-state index contributed by atoms with van der Waals surface area (Å²) in [7, 11) is 1.24. The van der Waals surface area contributed by atoms with Gasteiger partial charge in [0.1, 0.15) is 0 Å². The molecule has 8 heavy (non-hydrogen) atoms. The quantitative estimate of drug-likeness (QED) is 0.421. The maximum atomic E-state index is 2.56. The van der Waals surface area contributed by atoms with Crippen molar-refractivity contribution in [1.29, 1.82) is 0 Å². The minimum Gasteiger partial charge on any atom is -0.327 e. The SMILES string of the molecule is CC1(C)CCCN1[SiH3]. The van der Waals surface area contributed by atoms with E-state index >= 15 is 0 Å².